The Morgan fingerprint density at radius 2 is 1.60 bits per heavy atom. The summed E-state index contributed by atoms with van der Waals surface area (Å²) in [4.78, 5) is 8.83. The average molecular weight is 396 g/mol. The topological polar surface area (TPSA) is 63.7 Å². The summed E-state index contributed by atoms with van der Waals surface area (Å²) in [6.45, 7) is 0. The Bertz CT molecular complexity index is 1330. The molecule has 0 radical (unpaired) electrons. The Morgan fingerprint density at radius 1 is 0.800 bits per heavy atom. The van der Waals surface area contributed by atoms with E-state index in [-0.39, 0.29) is 5.82 Å². The molecule has 0 aliphatic carbocycles. The van der Waals surface area contributed by atoms with Crippen molar-refractivity contribution in [2.75, 3.05) is 7.11 Å². The highest BCUT2D eigenvalue weighted by atomic mass is 19.1. The van der Waals surface area contributed by atoms with Gasteiger partial charge in [0, 0.05) is 40.5 Å². The molecular weight excluding hydrogens is 379 g/mol. The van der Waals surface area contributed by atoms with Crippen molar-refractivity contribution >= 4 is 10.9 Å². The van der Waals surface area contributed by atoms with Gasteiger partial charge in [-0.2, -0.15) is 5.10 Å². The van der Waals surface area contributed by atoms with E-state index in [0.717, 1.165) is 44.4 Å². The smallest absolute Gasteiger partial charge is 0.212 e. The fourth-order valence-electron chi connectivity index (χ4n) is 3.57. The number of aromatic amines is 1. The van der Waals surface area contributed by atoms with Crippen molar-refractivity contribution in [2.45, 2.75) is 0 Å². The Balaban J connectivity index is 1.64. The third-order valence-corrected chi connectivity index (χ3v) is 5.08. The zero-order valence-corrected chi connectivity index (χ0v) is 16.1. The van der Waals surface area contributed by atoms with Crippen LogP contribution >= 0.6 is 0 Å². The molecule has 30 heavy (non-hydrogen) atoms. The van der Waals surface area contributed by atoms with Crippen molar-refractivity contribution in [3.05, 3.63) is 85.1 Å². The molecule has 5 nitrogen and oxygen atoms in total. The Labute approximate surface area is 172 Å². The predicted octanol–water partition coefficient (Wildman–Crippen LogP) is 5.50. The van der Waals surface area contributed by atoms with Crippen LogP contribution in [0, 0.1) is 5.82 Å². The number of methoxy groups -OCH3 is 1. The number of benzene rings is 2. The van der Waals surface area contributed by atoms with E-state index >= 15 is 0 Å². The van der Waals surface area contributed by atoms with E-state index in [0.29, 0.717) is 5.88 Å². The summed E-state index contributed by atoms with van der Waals surface area (Å²) in [7, 11) is 1.60. The van der Waals surface area contributed by atoms with Gasteiger partial charge in [0.25, 0.3) is 0 Å². The van der Waals surface area contributed by atoms with Crippen LogP contribution in [0.15, 0.2) is 79.3 Å². The van der Waals surface area contributed by atoms with Crippen LogP contribution in [-0.2, 0) is 0 Å². The van der Waals surface area contributed by atoms with E-state index in [1.807, 2.05) is 30.3 Å². The minimum atomic E-state index is -0.269. The highest BCUT2D eigenvalue weighted by Crippen LogP contribution is 2.34. The van der Waals surface area contributed by atoms with Crippen molar-refractivity contribution < 1.29 is 9.13 Å². The van der Waals surface area contributed by atoms with E-state index < -0.39 is 0 Å². The Hall–Kier alpha value is -4.06. The van der Waals surface area contributed by atoms with Gasteiger partial charge in [-0.25, -0.2) is 9.37 Å². The van der Waals surface area contributed by atoms with Gasteiger partial charge < -0.3 is 4.74 Å². The van der Waals surface area contributed by atoms with E-state index in [1.165, 1.54) is 12.1 Å². The van der Waals surface area contributed by atoms with Gasteiger partial charge in [-0.1, -0.05) is 6.07 Å². The molecule has 0 unspecified atom stereocenters. The molecule has 0 atom stereocenters. The lowest BCUT2D eigenvalue weighted by Crippen LogP contribution is -1.90. The number of fused-ring (bicyclic) bond motifs is 1. The molecule has 1 N–H and O–H groups in total. The van der Waals surface area contributed by atoms with Gasteiger partial charge in [0.2, 0.25) is 5.88 Å². The van der Waals surface area contributed by atoms with Crippen LogP contribution in [0.2, 0.25) is 0 Å². The number of hydrogen-bond donors (Lipinski definition) is 1. The lowest BCUT2D eigenvalue weighted by Gasteiger charge is -2.09. The second kappa shape index (κ2) is 7.40. The monoisotopic (exact) mass is 396 g/mol. The van der Waals surface area contributed by atoms with Gasteiger partial charge in [0.15, 0.2) is 0 Å². The minimum Gasteiger partial charge on any atom is -0.481 e. The number of hydrogen-bond acceptors (Lipinski definition) is 4. The minimum absolute atomic E-state index is 0.269. The molecule has 3 aromatic heterocycles. The highest BCUT2D eigenvalue weighted by Gasteiger charge is 2.13. The molecule has 2 aromatic carbocycles. The van der Waals surface area contributed by atoms with Crippen LogP contribution in [-0.4, -0.2) is 27.3 Å². The molecule has 0 aliphatic rings. The number of pyridine rings is 2. The highest BCUT2D eigenvalue weighted by molar-refractivity contribution is 5.97. The normalized spacial score (nSPS) is 11.0. The van der Waals surface area contributed by atoms with Gasteiger partial charge in [-0.15, -0.1) is 0 Å². The molecule has 5 rings (SSSR count). The predicted molar refractivity (Wildman–Crippen MR) is 115 cm³/mol. The number of rotatable bonds is 4. The van der Waals surface area contributed by atoms with Crippen LogP contribution in [0.4, 0.5) is 4.39 Å². The summed E-state index contributed by atoms with van der Waals surface area (Å²) >= 11 is 0. The molecule has 146 valence electrons. The largest absolute Gasteiger partial charge is 0.481 e. The standard InChI is InChI=1S/C24H17FN4O/c1-30-23-9-5-17(13-27-23)19-10-11-26-22-8-4-16(12-20(19)22)21-14-28-29-24(21)15-2-6-18(25)7-3-15/h2-14H,1H3,(H,28,29). The van der Waals surface area contributed by atoms with Crippen molar-refractivity contribution in [3.8, 4) is 39.4 Å². The van der Waals surface area contributed by atoms with Crippen molar-refractivity contribution in [2.24, 2.45) is 0 Å². The number of aromatic nitrogens is 4. The summed E-state index contributed by atoms with van der Waals surface area (Å²) in [5, 5.41) is 8.26. The number of ether oxygens (including phenoxy) is 1. The Morgan fingerprint density at radius 3 is 2.37 bits per heavy atom. The summed E-state index contributed by atoms with van der Waals surface area (Å²) in [5.74, 6) is 0.300. The molecule has 0 aliphatic heterocycles. The summed E-state index contributed by atoms with van der Waals surface area (Å²) in [5.41, 5.74) is 6.53. The van der Waals surface area contributed by atoms with E-state index in [4.69, 9.17) is 4.74 Å². The fourth-order valence-corrected chi connectivity index (χ4v) is 3.57. The first-order valence-corrected chi connectivity index (χ1v) is 9.42. The van der Waals surface area contributed by atoms with Gasteiger partial charge >= 0.3 is 0 Å². The van der Waals surface area contributed by atoms with Gasteiger partial charge in [0.05, 0.1) is 24.5 Å². The third kappa shape index (κ3) is 3.18. The zero-order valence-electron chi connectivity index (χ0n) is 16.1. The summed E-state index contributed by atoms with van der Waals surface area (Å²) in [6.07, 6.45) is 5.37. The van der Waals surface area contributed by atoms with Crippen LogP contribution in [0.25, 0.3) is 44.4 Å². The number of H-pyrrole nitrogens is 1. The molecule has 3 heterocycles. The van der Waals surface area contributed by atoms with Crippen LogP contribution < -0.4 is 4.74 Å². The SMILES string of the molecule is COc1ccc(-c2ccnc3ccc(-c4cn[nH]c4-c4ccc(F)cc4)cc23)cn1. The molecule has 0 bridgehead atoms. The maximum atomic E-state index is 13.3. The second-order valence-electron chi connectivity index (χ2n) is 6.85. The summed E-state index contributed by atoms with van der Waals surface area (Å²) in [6, 6.07) is 18.3. The van der Waals surface area contributed by atoms with Crippen LogP contribution in [0.5, 0.6) is 5.88 Å². The maximum absolute atomic E-state index is 13.3. The van der Waals surface area contributed by atoms with Crippen molar-refractivity contribution in [1.29, 1.82) is 0 Å². The number of nitrogens with zero attached hydrogens (tertiary/aromatic N) is 3. The van der Waals surface area contributed by atoms with Crippen molar-refractivity contribution in [3.63, 3.8) is 0 Å². The van der Waals surface area contributed by atoms with Crippen LogP contribution in [0.1, 0.15) is 0 Å². The number of halogens is 1. The second-order valence-corrected chi connectivity index (χ2v) is 6.85. The number of nitrogens with one attached hydrogen (secondary N) is 1. The maximum Gasteiger partial charge on any atom is 0.212 e. The molecule has 0 fully saturated rings. The van der Waals surface area contributed by atoms with Gasteiger partial charge in [-0.3, -0.25) is 10.1 Å². The first-order valence-electron chi connectivity index (χ1n) is 9.42. The Kier molecular flexibility index (Phi) is 4.44. The van der Waals surface area contributed by atoms with E-state index in [9.17, 15) is 4.39 Å². The fraction of sp³-hybridized carbons (Fsp3) is 0.0417. The quantitative estimate of drug-likeness (QED) is 0.436. The lowest BCUT2D eigenvalue weighted by atomic mass is 9.97. The summed E-state index contributed by atoms with van der Waals surface area (Å²) < 4.78 is 18.5. The molecule has 6 heteroatoms. The van der Waals surface area contributed by atoms with E-state index in [1.54, 1.807) is 37.8 Å². The molecule has 0 amide bonds. The molecular formula is C24H17FN4O. The van der Waals surface area contributed by atoms with Crippen molar-refractivity contribution in [1.82, 2.24) is 20.2 Å². The van der Waals surface area contributed by atoms with Crippen LogP contribution in [0.3, 0.4) is 0 Å². The third-order valence-electron chi connectivity index (χ3n) is 5.08. The molecule has 0 saturated carbocycles. The first kappa shape index (κ1) is 18.0. The molecule has 0 spiro atoms. The van der Waals surface area contributed by atoms with Gasteiger partial charge in [-0.05, 0) is 59.7 Å². The van der Waals surface area contributed by atoms with E-state index in [2.05, 4.69) is 26.2 Å². The zero-order chi connectivity index (χ0) is 20.5. The van der Waals surface area contributed by atoms with Gasteiger partial charge in [0.1, 0.15) is 5.82 Å². The average Bonchev–Trinajstić information content (AvgIpc) is 3.29. The first-order chi connectivity index (χ1) is 14.7. The molecule has 0 saturated heterocycles. The molecule has 5 aromatic rings. The lowest BCUT2D eigenvalue weighted by molar-refractivity contribution is 0.398.